The van der Waals surface area contributed by atoms with Crippen LogP contribution in [-0.2, 0) is 0 Å². The van der Waals surface area contributed by atoms with Crippen molar-refractivity contribution in [2.45, 2.75) is 24.9 Å². The topological polar surface area (TPSA) is 56.7 Å². The molecule has 0 atom stereocenters. The smallest absolute Gasteiger partial charge is 0.210 e. The van der Waals surface area contributed by atoms with E-state index in [4.69, 9.17) is 17.4 Å². The van der Waals surface area contributed by atoms with Crippen LogP contribution in [0.3, 0.4) is 0 Å². The normalized spacial score (nSPS) is 10.8. The molecule has 2 N–H and O–H groups in total. The Labute approximate surface area is 116 Å². The van der Waals surface area contributed by atoms with Crippen molar-refractivity contribution in [1.82, 2.24) is 14.9 Å². The summed E-state index contributed by atoms with van der Waals surface area (Å²) in [6, 6.07) is 7.44. The van der Waals surface area contributed by atoms with E-state index >= 15 is 0 Å². The molecule has 6 heteroatoms. The minimum absolute atomic E-state index is 0.636. The van der Waals surface area contributed by atoms with Gasteiger partial charge in [0.2, 0.25) is 5.16 Å². The van der Waals surface area contributed by atoms with E-state index in [-0.39, 0.29) is 0 Å². The molecule has 1 aromatic heterocycles. The van der Waals surface area contributed by atoms with Crippen molar-refractivity contribution in [2.24, 2.45) is 0 Å². The number of unbranched alkanes of at least 4 members (excludes halogenated alkanes) is 1. The highest BCUT2D eigenvalue weighted by Crippen LogP contribution is 2.24. The van der Waals surface area contributed by atoms with E-state index in [1.165, 1.54) is 4.68 Å². The SMILES string of the molecule is CCCCSc1nnc(-c2cccc(Cl)c2)n1N. The summed E-state index contributed by atoms with van der Waals surface area (Å²) in [5.41, 5.74) is 0.875. The molecule has 0 amide bonds. The molecule has 0 saturated carbocycles. The third kappa shape index (κ3) is 2.97. The second-order valence-corrected chi connectivity index (χ2v) is 5.39. The van der Waals surface area contributed by atoms with Crippen LogP contribution in [0, 0.1) is 0 Å². The third-order valence-electron chi connectivity index (χ3n) is 2.48. The van der Waals surface area contributed by atoms with Crippen LogP contribution in [0.5, 0.6) is 0 Å². The maximum atomic E-state index is 6.00. The van der Waals surface area contributed by atoms with Gasteiger partial charge in [-0.3, -0.25) is 0 Å². The Hall–Kier alpha value is -1.20. The summed E-state index contributed by atoms with van der Waals surface area (Å²) in [5, 5.41) is 9.61. The first kappa shape index (κ1) is 13.2. The lowest BCUT2D eigenvalue weighted by Gasteiger charge is -2.03. The second kappa shape index (κ2) is 6.11. The molecule has 0 aliphatic carbocycles. The first-order valence-electron chi connectivity index (χ1n) is 5.81. The third-order valence-corrected chi connectivity index (χ3v) is 3.74. The average molecular weight is 283 g/mol. The average Bonchev–Trinajstić information content (AvgIpc) is 2.72. The number of thioether (sulfide) groups is 1. The maximum Gasteiger partial charge on any atom is 0.210 e. The van der Waals surface area contributed by atoms with Gasteiger partial charge in [-0.2, -0.15) is 0 Å². The maximum absolute atomic E-state index is 6.00. The molecule has 0 aliphatic heterocycles. The zero-order valence-corrected chi connectivity index (χ0v) is 11.7. The van der Waals surface area contributed by atoms with Crippen LogP contribution in [0.2, 0.25) is 5.02 Å². The van der Waals surface area contributed by atoms with Gasteiger partial charge in [0.1, 0.15) is 0 Å². The number of nitrogen functional groups attached to an aromatic ring is 1. The van der Waals surface area contributed by atoms with Gasteiger partial charge in [0.05, 0.1) is 0 Å². The Kier molecular flexibility index (Phi) is 4.49. The van der Waals surface area contributed by atoms with Gasteiger partial charge in [0.25, 0.3) is 0 Å². The van der Waals surface area contributed by atoms with Gasteiger partial charge < -0.3 is 5.84 Å². The molecule has 0 unspecified atom stereocenters. The number of nitrogens with zero attached hydrogens (tertiary/aromatic N) is 3. The van der Waals surface area contributed by atoms with Crippen LogP contribution in [-0.4, -0.2) is 20.6 Å². The number of benzene rings is 1. The molecule has 18 heavy (non-hydrogen) atoms. The number of nitrogens with two attached hydrogens (primary N) is 1. The summed E-state index contributed by atoms with van der Waals surface area (Å²) in [7, 11) is 0. The van der Waals surface area contributed by atoms with Crippen LogP contribution < -0.4 is 5.84 Å². The summed E-state index contributed by atoms with van der Waals surface area (Å²) < 4.78 is 1.52. The van der Waals surface area contributed by atoms with E-state index in [0.29, 0.717) is 10.8 Å². The van der Waals surface area contributed by atoms with Crippen molar-refractivity contribution in [3.63, 3.8) is 0 Å². The number of halogens is 1. The summed E-state index contributed by atoms with van der Waals surface area (Å²) in [4.78, 5) is 0. The fraction of sp³-hybridized carbons (Fsp3) is 0.333. The van der Waals surface area contributed by atoms with Crippen molar-refractivity contribution >= 4 is 23.4 Å². The first-order valence-corrected chi connectivity index (χ1v) is 7.18. The van der Waals surface area contributed by atoms with E-state index < -0.39 is 0 Å². The fourth-order valence-corrected chi connectivity index (χ4v) is 2.64. The lowest BCUT2D eigenvalue weighted by molar-refractivity contribution is 0.840. The van der Waals surface area contributed by atoms with Crippen LogP contribution in [0.1, 0.15) is 19.8 Å². The van der Waals surface area contributed by atoms with E-state index in [9.17, 15) is 0 Å². The molecule has 0 spiro atoms. The van der Waals surface area contributed by atoms with E-state index in [1.807, 2.05) is 24.3 Å². The zero-order chi connectivity index (χ0) is 13.0. The summed E-state index contributed by atoms with van der Waals surface area (Å²) in [5.74, 6) is 7.63. The Morgan fingerprint density at radius 3 is 2.94 bits per heavy atom. The van der Waals surface area contributed by atoms with Gasteiger partial charge in [-0.1, -0.05) is 48.8 Å². The van der Waals surface area contributed by atoms with E-state index in [0.717, 1.165) is 29.3 Å². The van der Waals surface area contributed by atoms with Crippen molar-refractivity contribution in [1.29, 1.82) is 0 Å². The largest absolute Gasteiger partial charge is 0.335 e. The Bertz CT molecular complexity index is 527. The molecule has 0 bridgehead atoms. The van der Waals surface area contributed by atoms with E-state index in [2.05, 4.69) is 17.1 Å². The molecular formula is C12H15ClN4S. The van der Waals surface area contributed by atoms with Crippen LogP contribution >= 0.6 is 23.4 Å². The van der Waals surface area contributed by atoms with Crippen molar-refractivity contribution < 1.29 is 0 Å². The molecule has 0 fully saturated rings. The molecule has 4 nitrogen and oxygen atoms in total. The number of aromatic nitrogens is 3. The van der Waals surface area contributed by atoms with Gasteiger partial charge >= 0.3 is 0 Å². The van der Waals surface area contributed by atoms with Crippen molar-refractivity contribution in [3.05, 3.63) is 29.3 Å². The van der Waals surface area contributed by atoms with Crippen LogP contribution in [0.4, 0.5) is 0 Å². The minimum Gasteiger partial charge on any atom is -0.335 e. The molecule has 1 heterocycles. The highest BCUT2D eigenvalue weighted by atomic mass is 35.5. The molecule has 0 saturated heterocycles. The summed E-state index contributed by atoms with van der Waals surface area (Å²) in [6.07, 6.45) is 2.30. The highest BCUT2D eigenvalue weighted by Gasteiger charge is 2.11. The quantitative estimate of drug-likeness (QED) is 0.520. The number of hydrogen-bond acceptors (Lipinski definition) is 4. The summed E-state index contributed by atoms with van der Waals surface area (Å²) >= 11 is 7.58. The summed E-state index contributed by atoms with van der Waals surface area (Å²) in [6.45, 7) is 2.16. The molecular weight excluding hydrogens is 268 g/mol. The van der Waals surface area contributed by atoms with Crippen LogP contribution in [0.25, 0.3) is 11.4 Å². The predicted octanol–water partition coefficient (Wildman–Crippen LogP) is 3.20. The molecule has 0 radical (unpaired) electrons. The molecule has 96 valence electrons. The monoisotopic (exact) mass is 282 g/mol. The van der Waals surface area contributed by atoms with Gasteiger partial charge in [0.15, 0.2) is 5.82 Å². The van der Waals surface area contributed by atoms with Crippen molar-refractivity contribution in [3.8, 4) is 11.4 Å². The fourth-order valence-electron chi connectivity index (χ4n) is 1.51. The highest BCUT2D eigenvalue weighted by molar-refractivity contribution is 7.99. The standard InChI is InChI=1S/C12H15ClN4S/c1-2-3-7-18-12-16-15-11(17(12)14)9-5-4-6-10(13)8-9/h4-6,8H,2-3,7,14H2,1H3. The Balaban J connectivity index is 2.20. The van der Waals surface area contributed by atoms with E-state index in [1.54, 1.807) is 11.8 Å². The molecule has 2 rings (SSSR count). The lowest BCUT2D eigenvalue weighted by Crippen LogP contribution is -2.11. The number of rotatable bonds is 5. The molecule has 1 aromatic carbocycles. The van der Waals surface area contributed by atoms with Gasteiger partial charge in [-0.25, -0.2) is 4.68 Å². The molecule has 0 aliphatic rings. The van der Waals surface area contributed by atoms with Gasteiger partial charge in [-0.15, -0.1) is 10.2 Å². The first-order chi connectivity index (χ1) is 8.72. The van der Waals surface area contributed by atoms with Crippen molar-refractivity contribution in [2.75, 3.05) is 11.6 Å². The minimum atomic E-state index is 0.636. The Morgan fingerprint density at radius 2 is 2.22 bits per heavy atom. The lowest BCUT2D eigenvalue weighted by atomic mass is 10.2. The van der Waals surface area contributed by atoms with Gasteiger partial charge in [0, 0.05) is 16.3 Å². The second-order valence-electron chi connectivity index (χ2n) is 3.89. The van der Waals surface area contributed by atoms with Crippen LogP contribution in [0.15, 0.2) is 29.4 Å². The van der Waals surface area contributed by atoms with Gasteiger partial charge in [-0.05, 0) is 18.6 Å². The number of hydrogen-bond donors (Lipinski definition) is 1. The zero-order valence-electron chi connectivity index (χ0n) is 10.1. The molecule has 2 aromatic rings. The predicted molar refractivity (Wildman–Crippen MR) is 76.3 cm³/mol. The Morgan fingerprint density at radius 1 is 1.39 bits per heavy atom.